The minimum Gasteiger partial charge on any atom is -0.465 e. The van der Waals surface area contributed by atoms with Gasteiger partial charge < -0.3 is 24.2 Å². The molecule has 0 amide bonds. The molecule has 10 aromatic rings. The minimum atomic E-state index is -1.00. The van der Waals surface area contributed by atoms with Crippen molar-refractivity contribution in [2.75, 3.05) is 75.3 Å². The van der Waals surface area contributed by atoms with E-state index in [1.54, 1.807) is 30.3 Å². The Morgan fingerprint density at radius 3 is 1.42 bits per heavy atom. The normalized spacial score (nSPS) is 13.2. The highest BCUT2D eigenvalue weighted by molar-refractivity contribution is 9.10. The summed E-state index contributed by atoms with van der Waals surface area (Å²) in [5.74, 6) is 2.18. The summed E-state index contributed by atoms with van der Waals surface area (Å²) in [6.07, 6.45) is 3.97. The average molecular weight is 1080 g/mol. The third-order valence-corrected chi connectivity index (χ3v) is 13.5. The first kappa shape index (κ1) is 52.4. The van der Waals surface area contributed by atoms with E-state index in [9.17, 15) is 14.0 Å². The van der Waals surface area contributed by atoms with Crippen LogP contribution in [0.5, 0.6) is 0 Å². The van der Waals surface area contributed by atoms with Crippen LogP contribution >= 0.6 is 15.9 Å². The number of carbonyl (C=O) groups excluding carboxylic acids is 2. The second-order valence-corrected chi connectivity index (χ2v) is 18.4. The molecule has 15 heteroatoms. The van der Waals surface area contributed by atoms with Gasteiger partial charge in [0.05, 0.1) is 67.0 Å². The Morgan fingerprint density at radius 2 is 0.908 bits per heavy atom. The highest BCUT2D eigenvalue weighted by Gasteiger charge is 2.24. The fourth-order valence-corrected chi connectivity index (χ4v) is 9.60. The van der Waals surface area contributed by atoms with Crippen LogP contribution in [0.2, 0.25) is 0 Å². The van der Waals surface area contributed by atoms with E-state index in [1.807, 2.05) is 66.7 Å². The number of carbonyl (C=O) groups is 2. The molecule has 0 atom stereocenters. The first-order chi connectivity index (χ1) is 37.2. The molecule has 386 valence electrons. The molecule has 6 heterocycles. The quantitative estimate of drug-likeness (QED) is 0.140. The van der Waals surface area contributed by atoms with Gasteiger partial charge in [0.25, 0.3) is 0 Å². The predicted molar refractivity (Wildman–Crippen MR) is 308 cm³/mol. The van der Waals surface area contributed by atoms with Crippen LogP contribution in [0, 0.1) is 0 Å². The van der Waals surface area contributed by atoms with Gasteiger partial charge in [0.2, 0.25) is 0 Å². The van der Waals surface area contributed by atoms with Crippen LogP contribution in [0.4, 0.5) is 21.8 Å². The molecule has 76 heavy (non-hydrogen) atoms. The van der Waals surface area contributed by atoms with Crippen molar-refractivity contribution in [2.24, 2.45) is 0 Å². The number of benzene rings is 6. The summed E-state index contributed by atoms with van der Waals surface area (Å²) in [4.78, 5) is 59.3. The second kappa shape index (κ2) is 25.7. The van der Waals surface area contributed by atoms with Gasteiger partial charge in [0, 0.05) is 61.2 Å². The number of esters is 2. The van der Waals surface area contributed by atoms with Gasteiger partial charge in [0.1, 0.15) is 27.6 Å². The molecular formula is C61H59BrFN9O4. The number of ether oxygens (including phenoxy) is 2. The minimum absolute atomic E-state index is 0. The highest BCUT2D eigenvalue weighted by atomic mass is 79.9. The second-order valence-electron chi connectivity index (χ2n) is 17.6. The fourth-order valence-electron chi connectivity index (χ4n) is 9.09. The summed E-state index contributed by atoms with van der Waals surface area (Å²) in [6, 6.07) is 55.4. The van der Waals surface area contributed by atoms with Crippen molar-refractivity contribution < 1.29 is 24.8 Å². The first-order valence-corrected chi connectivity index (χ1v) is 25.4. The first-order valence-electron chi connectivity index (χ1n) is 25.3. The van der Waals surface area contributed by atoms with Crippen molar-refractivity contribution >= 4 is 89.2 Å². The maximum atomic E-state index is 12.1. The van der Waals surface area contributed by atoms with E-state index in [4.69, 9.17) is 30.8 Å². The van der Waals surface area contributed by atoms with Crippen LogP contribution in [0.15, 0.2) is 174 Å². The van der Waals surface area contributed by atoms with Gasteiger partial charge in [-0.2, -0.15) is 0 Å². The van der Waals surface area contributed by atoms with Gasteiger partial charge in [-0.3, -0.25) is 4.39 Å². The molecule has 0 saturated carbocycles. The number of rotatable bonds is 7. The maximum Gasteiger partial charge on any atom is 0.337 e. The molecule has 0 aliphatic carbocycles. The summed E-state index contributed by atoms with van der Waals surface area (Å²) in [5.41, 5.74) is 9.41. The van der Waals surface area contributed by atoms with Crippen molar-refractivity contribution in [1.82, 2.24) is 29.9 Å². The third-order valence-electron chi connectivity index (χ3n) is 13.0. The lowest BCUT2D eigenvalue weighted by Crippen LogP contribution is -2.47. The Balaban J connectivity index is 0.000000162. The highest BCUT2D eigenvalue weighted by Crippen LogP contribution is 2.32. The number of hydrogen-bond acceptors (Lipinski definition) is 13. The lowest BCUT2D eigenvalue weighted by molar-refractivity contribution is 0.0592. The van der Waals surface area contributed by atoms with E-state index in [-0.39, 0.29) is 19.4 Å². The number of halogens is 2. The van der Waals surface area contributed by atoms with E-state index in [0.717, 1.165) is 107 Å². The smallest absolute Gasteiger partial charge is 0.337 e. The topological polar surface area (TPSA) is 140 Å². The van der Waals surface area contributed by atoms with E-state index < -0.39 is 7.15 Å². The summed E-state index contributed by atoms with van der Waals surface area (Å²) in [7, 11) is 1.73. The number of anilines is 3. The lowest BCUT2D eigenvalue weighted by Gasteiger charge is -2.36. The van der Waals surface area contributed by atoms with E-state index in [0.29, 0.717) is 26.8 Å². The predicted octanol–water partition coefficient (Wildman–Crippen LogP) is 13.3. The zero-order chi connectivity index (χ0) is 52.8. The maximum absolute atomic E-state index is 12.1. The molecule has 2 aliphatic rings. The van der Waals surface area contributed by atoms with Gasteiger partial charge in [-0.25, -0.2) is 39.5 Å². The van der Waals surface area contributed by atoms with E-state index in [2.05, 4.69) is 113 Å². The summed E-state index contributed by atoms with van der Waals surface area (Å²) >= 11 is 3.44. The summed E-state index contributed by atoms with van der Waals surface area (Å²) in [6.45, 7) is 5.52. The van der Waals surface area contributed by atoms with Crippen LogP contribution in [0.3, 0.4) is 0 Å². The zero-order valence-corrected chi connectivity index (χ0v) is 43.2. The molecule has 0 unspecified atom stereocenters. The largest absolute Gasteiger partial charge is 0.465 e. The van der Waals surface area contributed by atoms with Crippen LogP contribution in [0.25, 0.3) is 66.4 Å². The fraction of sp³-hybridized carbons (Fsp3) is 0.213. The van der Waals surface area contributed by atoms with Crippen molar-refractivity contribution in [2.45, 2.75) is 26.7 Å². The number of piperidine rings is 1. The van der Waals surface area contributed by atoms with Crippen LogP contribution in [-0.4, -0.2) is 102 Å². The standard InChI is InChI=1S/C29H25N5O2.C16H11BrN2O2.C14H16N2.CH3F.CH4/c1-36-29(35)22-11-13-24-25(19-22)32-28(27(31-24)21-8-3-2-4-9-21)34-17-15-33(16-18-34)26-14-12-20-7-5-6-10-23(20)30-26;1-21-16(20)11-7-8-12-13(9-11)19-15(17)14(18-12)10-5-3-2-4-6-10;1-4-10-16(11-5-1)14-9-8-12-6-2-3-7-13(12)15-14;1-2;/h2-14,19H,15-18H2,1H3;2-9H,1H3;2-3,6-9H,1,4-5,10-11H2;1H3;1H4/i;;;1D;. The number of methoxy groups -OCH3 is 2. The van der Waals surface area contributed by atoms with Gasteiger partial charge in [-0.15, -0.1) is 0 Å². The zero-order valence-electron chi connectivity index (χ0n) is 42.7. The number of para-hydroxylation sites is 2. The van der Waals surface area contributed by atoms with Crippen LogP contribution in [-0.2, 0) is 9.47 Å². The molecule has 13 nitrogen and oxygen atoms in total. The van der Waals surface area contributed by atoms with Crippen molar-refractivity contribution in [3.63, 3.8) is 0 Å². The number of aromatic nitrogens is 6. The number of hydrogen-bond donors (Lipinski definition) is 0. The van der Waals surface area contributed by atoms with Crippen LogP contribution in [0.1, 0.15) is 48.8 Å². The monoisotopic (exact) mass is 1080 g/mol. The number of piperazine rings is 1. The molecule has 0 bridgehead atoms. The summed E-state index contributed by atoms with van der Waals surface area (Å²) in [5, 5.41) is 2.37. The molecule has 2 saturated heterocycles. The van der Waals surface area contributed by atoms with E-state index >= 15 is 0 Å². The number of fused-ring (bicyclic) bond motifs is 4. The number of alkyl halides is 1. The Labute approximate surface area is 452 Å². The number of pyridine rings is 2. The molecule has 0 spiro atoms. The van der Waals surface area contributed by atoms with Gasteiger partial charge in [-0.05, 0) is 108 Å². The molecule has 0 N–H and O–H groups in total. The number of nitrogens with zero attached hydrogens (tertiary/aromatic N) is 9. The molecule has 4 aromatic heterocycles. The van der Waals surface area contributed by atoms with E-state index in [1.165, 1.54) is 38.9 Å². The SMILES string of the molecule is C.COC(=O)c1ccc2nc(-c3ccccc3)c(Br)nc2c1.COC(=O)c1ccc2nc(-c3ccccc3)c(N3CCN(c4ccc5ccccc5n4)CC3)nc2c1.[2H]CF.c1ccc2nc(N3CCCCC3)ccc2c1. The van der Waals surface area contributed by atoms with Crippen molar-refractivity contribution in [3.05, 3.63) is 186 Å². The summed E-state index contributed by atoms with van der Waals surface area (Å²) < 4.78 is 25.7. The molecule has 2 aliphatic heterocycles. The molecule has 6 aromatic carbocycles. The third kappa shape index (κ3) is 12.6. The Kier molecular flexibility index (Phi) is 17.7. The van der Waals surface area contributed by atoms with Crippen LogP contribution < -0.4 is 14.7 Å². The average Bonchev–Trinajstić information content (AvgIpc) is 3.49. The van der Waals surface area contributed by atoms with Gasteiger partial charge >= 0.3 is 11.9 Å². The Morgan fingerprint density at radius 1 is 0.474 bits per heavy atom. The lowest BCUT2D eigenvalue weighted by atomic mass is 10.1. The van der Waals surface area contributed by atoms with Crippen molar-refractivity contribution in [3.8, 4) is 22.5 Å². The Bertz CT molecular complexity index is 3610. The van der Waals surface area contributed by atoms with Crippen molar-refractivity contribution in [1.29, 1.82) is 0 Å². The molecule has 0 radical (unpaired) electrons. The van der Waals surface area contributed by atoms with Gasteiger partial charge in [0.15, 0.2) is 5.82 Å². The molecule has 12 rings (SSSR count). The van der Waals surface area contributed by atoms with Gasteiger partial charge in [-0.1, -0.05) is 104 Å². The molecule has 2 fully saturated rings. The molecular weight excluding hydrogens is 1020 g/mol. The Hall–Kier alpha value is -8.43.